The van der Waals surface area contributed by atoms with Crippen molar-refractivity contribution in [2.45, 2.75) is 5.16 Å². The molecule has 0 fully saturated rings. The summed E-state index contributed by atoms with van der Waals surface area (Å²) < 4.78 is 7.28. The fourth-order valence-electron chi connectivity index (χ4n) is 1.47. The van der Waals surface area contributed by atoms with Gasteiger partial charge in [0, 0.05) is 19.7 Å². The van der Waals surface area contributed by atoms with Crippen molar-refractivity contribution in [1.82, 2.24) is 20.2 Å². The minimum atomic E-state index is 0.548. The van der Waals surface area contributed by atoms with E-state index >= 15 is 0 Å². The van der Waals surface area contributed by atoms with Crippen LogP contribution in [0.2, 0.25) is 0 Å². The van der Waals surface area contributed by atoms with Gasteiger partial charge in [-0.2, -0.15) is 0 Å². The number of aliphatic imine (C=N–C) groups is 1. The summed E-state index contributed by atoms with van der Waals surface area (Å²) in [6.45, 7) is 3.90. The summed E-state index contributed by atoms with van der Waals surface area (Å²) in [6, 6.07) is 9.70. The second-order valence-electron chi connectivity index (χ2n) is 3.91. The summed E-state index contributed by atoms with van der Waals surface area (Å²) in [5.74, 6) is 1.70. The molecule has 0 aliphatic carbocycles. The van der Waals surface area contributed by atoms with Gasteiger partial charge in [-0.1, -0.05) is 36.5 Å². The monoisotopic (exact) mass is 289 g/mol. The summed E-state index contributed by atoms with van der Waals surface area (Å²) in [4.78, 5) is 4.14. The lowest BCUT2D eigenvalue weighted by molar-refractivity contribution is 0.423. The van der Waals surface area contributed by atoms with E-state index in [1.165, 1.54) is 11.8 Å². The number of rotatable bonds is 5. The number of benzene rings is 1. The van der Waals surface area contributed by atoms with Crippen molar-refractivity contribution >= 4 is 17.7 Å². The van der Waals surface area contributed by atoms with Crippen LogP contribution in [0.25, 0.3) is 0 Å². The number of hydrogen-bond donors (Lipinski definition) is 0. The van der Waals surface area contributed by atoms with Crippen molar-refractivity contribution < 1.29 is 4.74 Å². The summed E-state index contributed by atoms with van der Waals surface area (Å²) >= 11 is 1.46. The fourth-order valence-corrected chi connectivity index (χ4v) is 2.14. The first-order valence-electron chi connectivity index (χ1n) is 5.93. The molecule has 2 rings (SSSR count). The smallest absolute Gasteiger partial charge is 0.221 e. The van der Waals surface area contributed by atoms with Crippen LogP contribution in [-0.2, 0) is 11.8 Å². The zero-order chi connectivity index (χ0) is 14.4. The Labute approximate surface area is 121 Å². The van der Waals surface area contributed by atoms with Gasteiger partial charge in [-0.05, 0) is 22.6 Å². The molecule has 0 bridgehead atoms. The first-order chi connectivity index (χ1) is 9.70. The van der Waals surface area contributed by atoms with Gasteiger partial charge in [0.05, 0.1) is 5.75 Å². The molecule has 20 heavy (non-hydrogen) atoms. The minimum absolute atomic E-state index is 0.548. The Hall–Kier alpha value is -2.15. The first kappa shape index (κ1) is 14.3. The molecule has 0 unspecified atom stereocenters. The first-order valence-corrected chi connectivity index (χ1v) is 6.92. The minimum Gasteiger partial charge on any atom is -0.443 e. The van der Waals surface area contributed by atoms with Gasteiger partial charge in [0.25, 0.3) is 0 Å². The lowest BCUT2D eigenvalue weighted by Crippen LogP contribution is -2.07. The molecule has 0 amide bonds. The molecule has 2 aromatic rings. The Balaban J connectivity index is 1.92. The molecule has 0 radical (unpaired) electrons. The predicted molar refractivity (Wildman–Crippen MR) is 78.7 cm³/mol. The number of aromatic nitrogens is 4. The highest BCUT2D eigenvalue weighted by Crippen LogP contribution is 2.17. The third-order valence-corrected chi connectivity index (χ3v) is 3.48. The molecule has 0 N–H and O–H groups in total. The lowest BCUT2D eigenvalue weighted by Gasteiger charge is -2.10. The van der Waals surface area contributed by atoms with Crippen molar-refractivity contribution in [3.63, 3.8) is 0 Å². The maximum atomic E-state index is 5.68. The van der Waals surface area contributed by atoms with Gasteiger partial charge in [-0.3, -0.25) is 4.99 Å². The van der Waals surface area contributed by atoms with Crippen molar-refractivity contribution in [3.05, 3.63) is 48.2 Å². The SMILES string of the molecule is C=C(CSc1nnnn1C)O/C(=N\C)c1ccccc1. The van der Waals surface area contributed by atoms with Crippen LogP contribution in [-0.4, -0.2) is 38.9 Å². The number of hydrogen-bond acceptors (Lipinski definition) is 6. The van der Waals surface area contributed by atoms with E-state index in [2.05, 4.69) is 27.1 Å². The van der Waals surface area contributed by atoms with Gasteiger partial charge < -0.3 is 4.74 Å². The van der Waals surface area contributed by atoms with Gasteiger partial charge in [0.15, 0.2) is 0 Å². The number of thioether (sulfide) groups is 1. The Morgan fingerprint density at radius 1 is 1.40 bits per heavy atom. The maximum absolute atomic E-state index is 5.68. The molecule has 6 nitrogen and oxygen atoms in total. The number of tetrazole rings is 1. The molecule has 1 aromatic carbocycles. The van der Waals surface area contributed by atoms with Crippen LogP contribution >= 0.6 is 11.8 Å². The molecule has 0 aliphatic heterocycles. The van der Waals surface area contributed by atoms with Crippen molar-refractivity contribution in [2.75, 3.05) is 12.8 Å². The highest BCUT2D eigenvalue weighted by molar-refractivity contribution is 7.99. The van der Waals surface area contributed by atoms with E-state index in [1.54, 1.807) is 18.8 Å². The van der Waals surface area contributed by atoms with Gasteiger partial charge in [-0.15, -0.1) is 5.10 Å². The third kappa shape index (κ3) is 3.67. The van der Waals surface area contributed by atoms with E-state index in [-0.39, 0.29) is 0 Å². The highest BCUT2D eigenvalue weighted by atomic mass is 32.2. The Bertz CT molecular complexity index is 608. The summed E-state index contributed by atoms with van der Waals surface area (Å²) in [5.41, 5.74) is 0.918. The van der Waals surface area contributed by atoms with Crippen LogP contribution in [0.1, 0.15) is 5.56 Å². The zero-order valence-electron chi connectivity index (χ0n) is 11.4. The molecular formula is C13H15N5OS. The van der Waals surface area contributed by atoms with E-state index < -0.39 is 0 Å². The van der Waals surface area contributed by atoms with Crippen LogP contribution in [0, 0.1) is 0 Å². The van der Waals surface area contributed by atoms with E-state index in [4.69, 9.17) is 4.74 Å². The van der Waals surface area contributed by atoms with Gasteiger partial charge in [0.1, 0.15) is 5.76 Å². The number of nitrogens with zero attached hydrogens (tertiary/aromatic N) is 5. The summed E-state index contributed by atoms with van der Waals surface area (Å²) in [5, 5.41) is 11.9. The molecule has 0 saturated carbocycles. The number of ether oxygens (including phenoxy) is 1. The molecular weight excluding hydrogens is 274 g/mol. The summed E-state index contributed by atoms with van der Waals surface area (Å²) in [6.07, 6.45) is 0. The van der Waals surface area contributed by atoms with Crippen molar-refractivity contribution in [1.29, 1.82) is 0 Å². The average molecular weight is 289 g/mol. The normalized spacial score (nSPS) is 11.4. The fraction of sp³-hybridized carbons (Fsp3) is 0.231. The van der Waals surface area contributed by atoms with Crippen LogP contribution < -0.4 is 0 Å². The zero-order valence-corrected chi connectivity index (χ0v) is 12.2. The van der Waals surface area contributed by atoms with Crippen LogP contribution in [0.4, 0.5) is 0 Å². The molecule has 1 aromatic heterocycles. The van der Waals surface area contributed by atoms with E-state index in [0.717, 1.165) is 5.56 Å². The average Bonchev–Trinajstić information content (AvgIpc) is 2.89. The predicted octanol–water partition coefficient (Wildman–Crippen LogP) is 1.91. The second-order valence-corrected chi connectivity index (χ2v) is 4.85. The number of aryl methyl sites for hydroxylation is 1. The van der Waals surface area contributed by atoms with Crippen LogP contribution in [0.3, 0.4) is 0 Å². The Kier molecular flexibility index (Phi) is 4.89. The van der Waals surface area contributed by atoms with Gasteiger partial charge in [-0.25, -0.2) is 4.68 Å². The quantitative estimate of drug-likeness (QED) is 0.364. The molecule has 0 atom stereocenters. The van der Waals surface area contributed by atoms with E-state index in [9.17, 15) is 0 Å². The molecule has 104 valence electrons. The van der Waals surface area contributed by atoms with E-state index in [1.807, 2.05) is 30.3 Å². The summed E-state index contributed by atoms with van der Waals surface area (Å²) in [7, 11) is 3.48. The van der Waals surface area contributed by atoms with Crippen molar-refractivity contribution in [3.8, 4) is 0 Å². The third-order valence-electron chi connectivity index (χ3n) is 2.41. The molecule has 7 heteroatoms. The molecule has 0 saturated heterocycles. The van der Waals surface area contributed by atoms with Crippen LogP contribution in [0.15, 0.2) is 52.8 Å². The highest BCUT2D eigenvalue weighted by Gasteiger charge is 2.08. The topological polar surface area (TPSA) is 65.2 Å². The van der Waals surface area contributed by atoms with Gasteiger partial charge in [0.2, 0.25) is 11.1 Å². The van der Waals surface area contributed by atoms with Crippen LogP contribution in [0.5, 0.6) is 0 Å². The van der Waals surface area contributed by atoms with E-state index in [0.29, 0.717) is 22.6 Å². The second kappa shape index (κ2) is 6.85. The molecule has 0 spiro atoms. The molecule has 1 heterocycles. The Morgan fingerprint density at radius 3 is 2.75 bits per heavy atom. The lowest BCUT2D eigenvalue weighted by atomic mass is 10.2. The van der Waals surface area contributed by atoms with Crippen molar-refractivity contribution in [2.24, 2.45) is 12.0 Å². The molecule has 0 aliphatic rings. The Morgan fingerprint density at radius 2 is 2.15 bits per heavy atom. The standard InChI is InChI=1S/C13H15N5OS/c1-10(9-20-13-15-16-17-18(13)3)19-12(14-2)11-7-5-4-6-8-11/h4-8H,1,9H2,2-3H3/b14-12-. The largest absolute Gasteiger partial charge is 0.443 e. The maximum Gasteiger partial charge on any atom is 0.221 e. The van der Waals surface area contributed by atoms with Gasteiger partial charge >= 0.3 is 0 Å².